The standard InChI is InChI=1S/C13H16F2N2O3/c1-20-11-3-2-9(8-10(11)17(18)19)12(16)4-6-13(14,15)7-5-12/h2-3,8H,4-7,16H2,1H3. The lowest BCUT2D eigenvalue weighted by molar-refractivity contribution is -0.385. The number of benzene rings is 1. The molecule has 0 heterocycles. The van der Waals surface area contributed by atoms with Gasteiger partial charge in [0, 0.05) is 24.4 Å². The zero-order valence-electron chi connectivity index (χ0n) is 11.1. The number of methoxy groups -OCH3 is 1. The summed E-state index contributed by atoms with van der Waals surface area (Å²) < 4.78 is 31.3. The van der Waals surface area contributed by atoms with Crippen molar-refractivity contribution in [3.05, 3.63) is 33.9 Å². The van der Waals surface area contributed by atoms with Crippen LogP contribution in [0.25, 0.3) is 0 Å². The van der Waals surface area contributed by atoms with Gasteiger partial charge in [0.15, 0.2) is 5.75 Å². The zero-order chi connectivity index (χ0) is 15.0. The van der Waals surface area contributed by atoms with Crippen molar-refractivity contribution in [2.75, 3.05) is 7.11 Å². The van der Waals surface area contributed by atoms with E-state index in [2.05, 4.69) is 0 Å². The molecule has 0 radical (unpaired) electrons. The highest BCUT2D eigenvalue weighted by Gasteiger charge is 2.42. The maximum Gasteiger partial charge on any atom is 0.311 e. The summed E-state index contributed by atoms with van der Waals surface area (Å²) in [7, 11) is 1.33. The number of nitro benzene ring substituents is 1. The number of hydrogen-bond acceptors (Lipinski definition) is 4. The van der Waals surface area contributed by atoms with Crippen LogP contribution in [0, 0.1) is 10.1 Å². The summed E-state index contributed by atoms with van der Waals surface area (Å²) in [6.45, 7) is 0. The molecule has 5 nitrogen and oxygen atoms in total. The third kappa shape index (κ3) is 2.72. The van der Waals surface area contributed by atoms with Crippen LogP contribution in [0.15, 0.2) is 18.2 Å². The Kier molecular flexibility index (Phi) is 3.64. The number of nitrogens with zero attached hydrogens (tertiary/aromatic N) is 1. The Morgan fingerprint density at radius 3 is 2.40 bits per heavy atom. The molecular formula is C13H16F2N2O3. The zero-order valence-corrected chi connectivity index (χ0v) is 11.1. The summed E-state index contributed by atoms with van der Waals surface area (Å²) in [5, 5.41) is 11.0. The Morgan fingerprint density at radius 1 is 1.30 bits per heavy atom. The van der Waals surface area contributed by atoms with Gasteiger partial charge in [-0.15, -0.1) is 0 Å². The summed E-state index contributed by atoms with van der Waals surface area (Å²) in [4.78, 5) is 10.4. The molecular weight excluding hydrogens is 270 g/mol. The molecule has 0 saturated heterocycles. The Balaban J connectivity index is 2.34. The van der Waals surface area contributed by atoms with E-state index in [9.17, 15) is 18.9 Å². The van der Waals surface area contributed by atoms with Gasteiger partial charge in [-0.05, 0) is 24.5 Å². The predicted molar refractivity (Wildman–Crippen MR) is 68.9 cm³/mol. The van der Waals surface area contributed by atoms with E-state index >= 15 is 0 Å². The monoisotopic (exact) mass is 286 g/mol. The van der Waals surface area contributed by atoms with Crippen LogP contribution in [0.2, 0.25) is 0 Å². The summed E-state index contributed by atoms with van der Waals surface area (Å²) >= 11 is 0. The molecule has 0 bridgehead atoms. The maximum atomic E-state index is 13.2. The van der Waals surface area contributed by atoms with Crippen molar-refractivity contribution in [2.24, 2.45) is 5.73 Å². The summed E-state index contributed by atoms with van der Waals surface area (Å²) in [6.07, 6.45) is -0.403. The molecule has 0 atom stereocenters. The van der Waals surface area contributed by atoms with Crippen molar-refractivity contribution in [2.45, 2.75) is 37.1 Å². The molecule has 0 aromatic heterocycles. The minimum absolute atomic E-state index is 0.101. The summed E-state index contributed by atoms with van der Waals surface area (Å²) in [6, 6.07) is 4.38. The Hall–Kier alpha value is -1.76. The largest absolute Gasteiger partial charge is 0.490 e. The van der Waals surface area contributed by atoms with Crippen LogP contribution >= 0.6 is 0 Å². The average molecular weight is 286 g/mol. The van der Waals surface area contributed by atoms with E-state index in [0.717, 1.165) is 0 Å². The fourth-order valence-electron chi connectivity index (χ4n) is 2.49. The highest BCUT2D eigenvalue weighted by molar-refractivity contribution is 5.50. The third-order valence-electron chi connectivity index (χ3n) is 3.82. The van der Waals surface area contributed by atoms with Crippen LogP contribution in [-0.2, 0) is 5.54 Å². The lowest BCUT2D eigenvalue weighted by Crippen LogP contribution is -2.43. The maximum absolute atomic E-state index is 13.2. The molecule has 0 unspecified atom stereocenters. The molecule has 7 heteroatoms. The van der Waals surface area contributed by atoms with Crippen molar-refractivity contribution >= 4 is 5.69 Å². The summed E-state index contributed by atoms with van der Waals surface area (Å²) in [5.74, 6) is -2.56. The van der Waals surface area contributed by atoms with Gasteiger partial charge in [0.1, 0.15) is 0 Å². The number of nitrogens with two attached hydrogens (primary N) is 1. The lowest BCUT2D eigenvalue weighted by Gasteiger charge is -2.37. The highest BCUT2D eigenvalue weighted by Crippen LogP contribution is 2.43. The number of ether oxygens (including phenoxy) is 1. The number of hydrogen-bond donors (Lipinski definition) is 1. The van der Waals surface area contributed by atoms with Crippen LogP contribution in [0.4, 0.5) is 14.5 Å². The van der Waals surface area contributed by atoms with Crippen molar-refractivity contribution < 1.29 is 18.4 Å². The minimum atomic E-state index is -2.69. The molecule has 2 N–H and O–H groups in total. The van der Waals surface area contributed by atoms with Crippen molar-refractivity contribution in [1.29, 1.82) is 0 Å². The Bertz CT molecular complexity index is 524. The van der Waals surface area contributed by atoms with Crippen LogP contribution in [0.5, 0.6) is 5.75 Å². The smallest absolute Gasteiger partial charge is 0.311 e. The molecule has 1 aromatic rings. The normalized spacial score (nSPS) is 20.4. The molecule has 20 heavy (non-hydrogen) atoms. The van der Waals surface area contributed by atoms with Gasteiger partial charge in [0.2, 0.25) is 5.92 Å². The van der Waals surface area contributed by atoms with E-state index in [-0.39, 0.29) is 37.1 Å². The number of halogens is 2. The van der Waals surface area contributed by atoms with Gasteiger partial charge < -0.3 is 10.5 Å². The van der Waals surface area contributed by atoms with E-state index in [1.54, 1.807) is 6.07 Å². The molecule has 2 rings (SSSR count). The Labute approximate surface area is 114 Å². The van der Waals surface area contributed by atoms with Gasteiger partial charge in [-0.25, -0.2) is 8.78 Å². The van der Waals surface area contributed by atoms with E-state index in [1.165, 1.54) is 19.2 Å². The minimum Gasteiger partial charge on any atom is -0.490 e. The first-order valence-electron chi connectivity index (χ1n) is 6.27. The summed E-state index contributed by atoms with van der Waals surface area (Å²) in [5.41, 5.74) is 5.52. The fourth-order valence-corrected chi connectivity index (χ4v) is 2.49. The Morgan fingerprint density at radius 2 is 1.90 bits per heavy atom. The van der Waals surface area contributed by atoms with Gasteiger partial charge in [-0.1, -0.05) is 6.07 Å². The van der Waals surface area contributed by atoms with Gasteiger partial charge in [0.25, 0.3) is 0 Å². The molecule has 1 aliphatic rings. The SMILES string of the molecule is COc1ccc(C2(N)CCC(F)(F)CC2)cc1[N+](=O)[O-]. The van der Waals surface area contributed by atoms with Crippen LogP contribution < -0.4 is 10.5 Å². The van der Waals surface area contributed by atoms with Crippen LogP contribution in [0.3, 0.4) is 0 Å². The quantitative estimate of drug-likeness (QED) is 0.684. The first-order valence-corrected chi connectivity index (χ1v) is 6.27. The van der Waals surface area contributed by atoms with E-state index < -0.39 is 16.4 Å². The van der Waals surface area contributed by atoms with Crippen LogP contribution in [0.1, 0.15) is 31.2 Å². The fraction of sp³-hybridized carbons (Fsp3) is 0.538. The van der Waals surface area contributed by atoms with Gasteiger partial charge in [-0.2, -0.15) is 0 Å². The molecule has 1 aromatic carbocycles. The highest BCUT2D eigenvalue weighted by atomic mass is 19.3. The molecule has 1 fully saturated rings. The second-order valence-electron chi connectivity index (χ2n) is 5.16. The predicted octanol–water partition coefficient (Wildman–Crippen LogP) is 2.97. The number of rotatable bonds is 3. The molecule has 1 saturated carbocycles. The van der Waals surface area contributed by atoms with E-state index in [1.807, 2.05) is 0 Å². The van der Waals surface area contributed by atoms with Gasteiger partial charge >= 0.3 is 5.69 Å². The molecule has 110 valence electrons. The van der Waals surface area contributed by atoms with Gasteiger partial charge in [-0.3, -0.25) is 10.1 Å². The number of alkyl halides is 2. The van der Waals surface area contributed by atoms with Crippen molar-refractivity contribution in [3.63, 3.8) is 0 Å². The van der Waals surface area contributed by atoms with Crippen LogP contribution in [-0.4, -0.2) is 18.0 Å². The number of nitro groups is 1. The first-order chi connectivity index (χ1) is 9.27. The van der Waals surface area contributed by atoms with Crippen molar-refractivity contribution in [1.82, 2.24) is 0 Å². The third-order valence-corrected chi connectivity index (χ3v) is 3.82. The molecule has 0 amide bonds. The van der Waals surface area contributed by atoms with Gasteiger partial charge in [0.05, 0.1) is 12.0 Å². The van der Waals surface area contributed by atoms with E-state index in [4.69, 9.17) is 10.5 Å². The molecule has 0 spiro atoms. The second-order valence-corrected chi connectivity index (χ2v) is 5.16. The van der Waals surface area contributed by atoms with Crippen molar-refractivity contribution in [3.8, 4) is 5.75 Å². The average Bonchev–Trinajstić information content (AvgIpc) is 2.41. The first kappa shape index (κ1) is 14.6. The van der Waals surface area contributed by atoms with E-state index in [0.29, 0.717) is 5.56 Å². The molecule has 0 aliphatic heterocycles. The second kappa shape index (κ2) is 4.97. The topological polar surface area (TPSA) is 78.4 Å². The lowest BCUT2D eigenvalue weighted by atomic mass is 9.76. The molecule has 1 aliphatic carbocycles.